The number of amides is 1. The number of carbonyl (C=O) groups is 2. The quantitative estimate of drug-likeness (QED) is 0.611. The third-order valence-electron chi connectivity index (χ3n) is 5.40. The van der Waals surface area contributed by atoms with Crippen LogP contribution in [0.3, 0.4) is 0 Å². The molecule has 1 aromatic rings. The van der Waals surface area contributed by atoms with Crippen LogP contribution in [0.1, 0.15) is 13.3 Å². The van der Waals surface area contributed by atoms with E-state index in [0.717, 1.165) is 5.69 Å². The highest BCUT2D eigenvalue weighted by Gasteiger charge is 2.71. The van der Waals surface area contributed by atoms with Crippen LogP contribution in [0.5, 0.6) is 0 Å². The van der Waals surface area contributed by atoms with Crippen LogP contribution in [0.25, 0.3) is 0 Å². The van der Waals surface area contributed by atoms with Gasteiger partial charge in [-0.05, 0) is 25.5 Å². The zero-order valence-corrected chi connectivity index (χ0v) is 14.1. The van der Waals surface area contributed by atoms with Crippen molar-refractivity contribution in [3.8, 4) is 0 Å². The average molecular weight is 339 g/mol. The largest absolute Gasteiger partial charge is 0.466 e. The van der Waals surface area contributed by atoms with Crippen molar-refractivity contribution in [2.45, 2.75) is 31.1 Å². The summed E-state index contributed by atoms with van der Waals surface area (Å²) in [5, 5.41) is 0. The molecular formula is C20H21NO4. The van der Waals surface area contributed by atoms with Gasteiger partial charge >= 0.3 is 5.97 Å². The van der Waals surface area contributed by atoms with E-state index in [1.165, 1.54) is 0 Å². The van der Waals surface area contributed by atoms with Crippen LogP contribution in [0.15, 0.2) is 55.1 Å². The van der Waals surface area contributed by atoms with Crippen LogP contribution in [0.4, 0.5) is 5.69 Å². The van der Waals surface area contributed by atoms with Crippen molar-refractivity contribution in [3.05, 3.63) is 55.1 Å². The summed E-state index contributed by atoms with van der Waals surface area (Å²) in [4.78, 5) is 27.6. The first-order valence-corrected chi connectivity index (χ1v) is 8.67. The number of esters is 1. The molecule has 5 nitrogen and oxygen atoms in total. The fourth-order valence-electron chi connectivity index (χ4n) is 4.50. The molecule has 2 fully saturated rings. The minimum absolute atomic E-state index is 0.0806. The first kappa shape index (κ1) is 16.1. The maximum Gasteiger partial charge on any atom is 0.312 e. The summed E-state index contributed by atoms with van der Waals surface area (Å²) in [7, 11) is 0. The molecule has 0 radical (unpaired) electrons. The number of nitrogens with zero attached hydrogens (tertiary/aromatic N) is 1. The molecule has 25 heavy (non-hydrogen) atoms. The number of anilines is 1. The molecule has 2 bridgehead atoms. The number of benzene rings is 1. The summed E-state index contributed by atoms with van der Waals surface area (Å²) in [6.45, 7) is 5.90. The van der Waals surface area contributed by atoms with Crippen LogP contribution < -0.4 is 4.90 Å². The highest BCUT2D eigenvalue weighted by molar-refractivity contribution is 6.03. The minimum atomic E-state index is -0.788. The Morgan fingerprint density at radius 1 is 1.40 bits per heavy atom. The van der Waals surface area contributed by atoms with E-state index in [4.69, 9.17) is 9.47 Å². The standard InChI is InChI=1S/C20H21NO4/c1-3-8-15-20-12-11-14(25-20)16(19(23)24-4-2)17(20)18(22)21(15)13-9-6-5-7-10-13/h3,5-7,9-12,14-17H,1,4,8H2,2H3/t14-,15+,16+,17+,20-/m1/s1. The van der Waals surface area contributed by atoms with Crippen molar-refractivity contribution in [3.63, 3.8) is 0 Å². The fraction of sp³-hybridized carbons (Fsp3) is 0.400. The molecule has 1 amide bonds. The molecule has 130 valence electrons. The molecule has 5 atom stereocenters. The Morgan fingerprint density at radius 2 is 2.16 bits per heavy atom. The van der Waals surface area contributed by atoms with E-state index in [1.807, 2.05) is 42.5 Å². The minimum Gasteiger partial charge on any atom is -0.466 e. The number of hydrogen-bond acceptors (Lipinski definition) is 4. The zero-order chi connectivity index (χ0) is 17.6. The van der Waals surface area contributed by atoms with Crippen molar-refractivity contribution in [2.24, 2.45) is 11.8 Å². The molecule has 3 aliphatic heterocycles. The molecule has 0 N–H and O–H groups in total. The Morgan fingerprint density at radius 3 is 2.84 bits per heavy atom. The van der Waals surface area contributed by atoms with Gasteiger partial charge in [-0.25, -0.2) is 0 Å². The van der Waals surface area contributed by atoms with Crippen LogP contribution >= 0.6 is 0 Å². The van der Waals surface area contributed by atoms with Crippen molar-refractivity contribution < 1.29 is 19.1 Å². The highest BCUT2D eigenvalue weighted by Crippen LogP contribution is 2.56. The van der Waals surface area contributed by atoms with Crippen molar-refractivity contribution >= 4 is 17.6 Å². The van der Waals surface area contributed by atoms with Gasteiger partial charge in [-0.3, -0.25) is 9.59 Å². The van der Waals surface area contributed by atoms with Gasteiger partial charge in [0.1, 0.15) is 11.5 Å². The molecule has 4 rings (SSSR count). The number of ether oxygens (including phenoxy) is 2. The second-order valence-corrected chi connectivity index (χ2v) is 6.63. The molecule has 1 aromatic carbocycles. The van der Waals surface area contributed by atoms with Gasteiger partial charge in [-0.1, -0.05) is 36.4 Å². The lowest BCUT2D eigenvalue weighted by Crippen LogP contribution is -2.45. The molecule has 0 aromatic heterocycles. The van der Waals surface area contributed by atoms with E-state index in [2.05, 4.69) is 6.58 Å². The number of fused-ring (bicyclic) bond motifs is 1. The molecule has 3 heterocycles. The summed E-state index contributed by atoms with van der Waals surface area (Å²) < 4.78 is 11.5. The maximum atomic E-state index is 13.3. The third kappa shape index (κ3) is 2.12. The Kier molecular flexibility index (Phi) is 3.76. The number of hydrogen-bond donors (Lipinski definition) is 0. The maximum absolute atomic E-state index is 13.3. The SMILES string of the molecule is C=CC[C@@H]1N(c2ccccc2)C(=O)[C@@H]2[C@@H](C(=O)OCC)[C@H]3C=C[C@]21O3. The van der Waals surface area contributed by atoms with E-state index in [0.29, 0.717) is 6.42 Å². The van der Waals surface area contributed by atoms with Crippen molar-refractivity contribution in [1.29, 1.82) is 0 Å². The van der Waals surface area contributed by atoms with Crippen LogP contribution in [-0.4, -0.2) is 36.2 Å². The lowest BCUT2D eigenvalue weighted by Gasteiger charge is -2.32. The molecule has 2 saturated heterocycles. The summed E-state index contributed by atoms with van der Waals surface area (Å²) in [5.74, 6) is -1.57. The highest BCUT2D eigenvalue weighted by atomic mass is 16.6. The monoisotopic (exact) mass is 339 g/mol. The second-order valence-electron chi connectivity index (χ2n) is 6.63. The molecule has 3 aliphatic rings. The smallest absolute Gasteiger partial charge is 0.312 e. The lowest BCUT2D eigenvalue weighted by atomic mass is 9.74. The summed E-state index contributed by atoms with van der Waals surface area (Å²) in [6.07, 6.45) is 5.86. The van der Waals surface area contributed by atoms with Gasteiger partial charge in [-0.2, -0.15) is 0 Å². The van der Waals surface area contributed by atoms with Gasteiger partial charge in [0.2, 0.25) is 5.91 Å². The van der Waals surface area contributed by atoms with Crippen LogP contribution in [0, 0.1) is 11.8 Å². The van der Waals surface area contributed by atoms with Gasteiger partial charge < -0.3 is 14.4 Å². The van der Waals surface area contributed by atoms with Crippen molar-refractivity contribution in [1.82, 2.24) is 0 Å². The van der Waals surface area contributed by atoms with Crippen molar-refractivity contribution in [2.75, 3.05) is 11.5 Å². The van der Waals surface area contributed by atoms with E-state index in [9.17, 15) is 9.59 Å². The summed E-state index contributed by atoms with van der Waals surface area (Å²) in [6, 6.07) is 9.30. The first-order chi connectivity index (χ1) is 12.1. The van der Waals surface area contributed by atoms with Crippen LogP contribution in [-0.2, 0) is 19.1 Å². The van der Waals surface area contributed by atoms with E-state index in [1.54, 1.807) is 17.9 Å². The van der Waals surface area contributed by atoms with Gasteiger partial charge in [0.05, 0.1) is 24.7 Å². The molecule has 0 saturated carbocycles. The van der Waals surface area contributed by atoms with Gasteiger partial charge in [0.15, 0.2) is 0 Å². The summed E-state index contributed by atoms with van der Waals surface area (Å²) >= 11 is 0. The van der Waals surface area contributed by atoms with Gasteiger partial charge in [0, 0.05) is 5.69 Å². The number of para-hydroxylation sites is 1. The van der Waals surface area contributed by atoms with Gasteiger partial charge in [0.25, 0.3) is 0 Å². The Hall–Kier alpha value is -2.40. The molecular weight excluding hydrogens is 318 g/mol. The van der Waals surface area contributed by atoms with Crippen LogP contribution in [0.2, 0.25) is 0 Å². The normalized spacial score (nSPS) is 35.1. The molecule has 0 unspecified atom stereocenters. The predicted octanol–water partition coefficient (Wildman–Crippen LogP) is 2.48. The fourth-order valence-corrected chi connectivity index (χ4v) is 4.50. The molecule has 0 aliphatic carbocycles. The molecule has 5 heteroatoms. The van der Waals surface area contributed by atoms with E-state index < -0.39 is 23.5 Å². The zero-order valence-electron chi connectivity index (χ0n) is 14.1. The predicted molar refractivity (Wildman–Crippen MR) is 92.9 cm³/mol. The lowest BCUT2D eigenvalue weighted by molar-refractivity contribution is -0.151. The Bertz CT molecular complexity index is 743. The van der Waals surface area contributed by atoms with Gasteiger partial charge in [-0.15, -0.1) is 6.58 Å². The number of rotatable bonds is 5. The Labute approximate surface area is 146 Å². The second kappa shape index (κ2) is 5.85. The topological polar surface area (TPSA) is 55.8 Å². The first-order valence-electron chi connectivity index (χ1n) is 8.67. The Balaban J connectivity index is 1.79. The molecule has 1 spiro atoms. The van der Waals surface area contributed by atoms with E-state index >= 15 is 0 Å². The summed E-state index contributed by atoms with van der Waals surface area (Å²) in [5.41, 5.74) is 0.0228. The number of carbonyl (C=O) groups excluding carboxylic acids is 2. The van der Waals surface area contributed by atoms with E-state index in [-0.39, 0.29) is 24.5 Å². The average Bonchev–Trinajstić information content (AvgIpc) is 3.25. The third-order valence-corrected chi connectivity index (χ3v) is 5.40.